The van der Waals surface area contributed by atoms with Crippen LogP contribution in [-0.4, -0.2) is 16.5 Å². The third-order valence-electron chi connectivity index (χ3n) is 2.29. The van der Waals surface area contributed by atoms with E-state index in [0.717, 1.165) is 6.20 Å². The maximum atomic E-state index is 13.7. The van der Waals surface area contributed by atoms with Gasteiger partial charge in [-0.3, -0.25) is 0 Å². The average molecular weight is 301 g/mol. The summed E-state index contributed by atoms with van der Waals surface area (Å²) in [5.41, 5.74) is 0.408. The molecule has 0 fully saturated rings. The zero-order chi connectivity index (χ0) is 13.8. The first-order chi connectivity index (χ1) is 9.11. The van der Waals surface area contributed by atoms with Crippen molar-refractivity contribution in [3.05, 3.63) is 40.3 Å². The summed E-state index contributed by atoms with van der Waals surface area (Å²) in [7, 11) is 0. The van der Waals surface area contributed by atoms with Crippen LogP contribution in [0.5, 0.6) is 0 Å². The topological polar surface area (TPSA) is 49.8 Å². The maximum Gasteiger partial charge on any atom is 0.224 e. The van der Waals surface area contributed by atoms with E-state index in [9.17, 15) is 4.39 Å². The second kappa shape index (κ2) is 6.04. The molecular weight excluding hydrogens is 290 g/mol. The number of anilines is 3. The molecule has 2 N–H and O–H groups in total. The second-order valence-electron chi connectivity index (χ2n) is 3.64. The number of halogens is 3. The van der Waals surface area contributed by atoms with Gasteiger partial charge < -0.3 is 10.6 Å². The fourth-order valence-corrected chi connectivity index (χ4v) is 1.93. The largest absolute Gasteiger partial charge is 0.354 e. The predicted octanol–water partition coefficient (Wildman–Crippen LogP) is 4.10. The number of rotatable bonds is 4. The normalized spacial score (nSPS) is 10.3. The van der Waals surface area contributed by atoms with Crippen LogP contribution in [0.4, 0.5) is 21.8 Å². The van der Waals surface area contributed by atoms with Gasteiger partial charge in [0.15, 0.2) is 11.6 Å². The highest BCUT2D eigenvalue weighted by Crippen LogP contribution is 2.32. The van der Waals surface area contributed by atoms with Crippen molar-refractivity contribution in [2.75, 3.05) is 17.2 Å². The first-order valence-electron chi connectivity index (χ1n) is 5.59. The smallest absolute Gasteiger partial charge is 0.224 e. The fourth-order valence-electron chi connectivity index (χ4n) is 1.43. The number of hydrogen-bond donors (Lipinski definition) is 2. The Morgan fingerprint density at radius 1 is 1.26 bits per heavy atom. The van der Waals surface area contributed by atoms with Gasteiger partial charge in [0.25, 0.3) is 0 Å². The van der Waals surface area contributed by atoms with E-state index in [1.165, 1.54) is 0 Å². The van der Waals surface area contributed by atoms with E-state index in [2.05, 4.69) is 20.6 Å². The Balaban J connectivity index is 2.35. The van der Waals surface area contributed by atoms with Crippen LogP contribution in [0.1, 0.15) is 6.92 Å². The van der Waals surface area contributed by atoms with Crippen LogP contribution in [0, 0.1) is 5.82 Å². The summed E-state index contributed by atoms with van der Waals surface area (Å²) >= 11 is 12.0. The number of benzene rings is 1. The lowest BCUT2D eigenvalue weighted by Crippen LogP contribution is -2.06. The van der Waals surface area contributed by atoms with Crippen LogP contribution >= 0.6 is 23.2 Å². The molecule has 0 saturated carbocycles. The van der Waals surface area contributed by atoms with Gasteiger partial charge in [0.05, 0.1) is 21.9 Å². The summed E-state index contributed by atoms with van der Waals surface area (Å²) < 4.78 is 13.7. The Morgan fingerprint density at radius 2 is 1.95 bits per heavy atom. The van der Waals surface area contributed by atoms with Crippen LogP contribution in [0.15, 0.2) is 24.4 Å². The van der Waals surface area contributed by atoms with Crippen molar-refractivity contribution in [2.24, 2.45) is 0 Å². The molecule has 19 heavy (non-hydrogen) atoms. The predicted molar refractivity (Wildman–Crippen MR) is 75.9 cm³/mol. The minimum Gasteiger partial charge on any atom is -0.354 e. The molecule has 2 aromatic rings. The summed E-state index contributed by atoms with van der Waals surface area (Å²) in [5.74, 6) is -0.242. The number of para-hydroxylation sites is 1. The molecule has 1 aromatic heterocycles. The summed E-state index contributed by atoms with van der Waals surface area (Å²) in [6.45, 7) is 2.53. The van der Waals surface area contributed by atoms with Crippen molar-refractivity contribution in [3.8, 4) is 0 Å². The second-order valence-corrected chi connectivity index (χ2v) is 4.46. The molecule has 0 atom stereocenters. The number of nitrogens with one attached hydrogen (secondary N) is 2. The molecular formula is C12H11Cl2FN4. The van der Waals surface area contributed by atoms with Crippen LogP contribution in [0.25, 0.3) is 0 Å². The molecule has 0 aliphatic heterocycles. The fraction of sp³-hybridized carbons (Fsp3) is 0.167. The van der Waals surface area contributed by atoms with Gasteiger partial charge in [-0.05, 0) is 19.1 Å². The molecule has 2 rings (SSSR count). The SMILES string of the molecule is CCNc1ncc(F)c(Nc2c(Cl)cccc2Cl)n1. The maximum absolute atomic E-state index is 13.7. The molecule has 4 nitrogen and oxygen atoms in total. The van der Waals surface area contributed by atoms with Crippen molar-refractivity contribution in [1.82, 2.24) is 9.97 Å². The molecule has 1 aromatic carbocycles. The van der Waals surface area contributed by atoms with Crippen LogP contribution in [-0.2, 0) is 0 Å². The van der Waals surface area contributed by atoms with E-state index in [1.807, 2.05) is 6.92 Å². The molecule has 0 radical (unpaired) electrons. The van der Waals surface area contributed by atoms with Crippen molar-refractivity contribution in [1.29, 1.82) is 0 Å². The van der Waals surface area contributed by atoms with E-state index < -0.39 is 5.82 Å². The van der Waals surface area contributed by atoms with E-state index in [0.29, 0.717) is 28.2 Å². The quantitative estimate of drug-likeness (QED) is 0.892. The Hall–Kier alpha value is -1.59. The molecule has 0 aliphatic rings. The van der Waals surface area contributed by atoms with Crippen molar-refractivity contribution >= 4 is 40.7 Å². The van der Waals surface area contributed by atoms with Crippen LogP contribution < -0.4 is 10.6 Å². The summed E-state index contributed by atoms with van der Waals surface area (Å²) in [6, 6.07) is 5.01. The molecule has 7 heteroatoms. The van der Waals surface area contributed by atoms with Crippen LogP contribution in [0.3, 0.4) is 0 Å². The van der Waals surface area contributed by atoms with E-state index in [1.54, 1.807) is 18.2 Å². The molecule has 0 spiro atoms. The van der Waals surface area contributed by atoms with E-state index in [4.69, 9.17) is 23.2 Å². The third-order valence-corrected chi connectivity index (χ3v) is 2.92. The Morgan fingerprint density at radius 3 is 2.58 bits per heavy atom. The van der Waals surface area contributed by atoms with Gasteiger partial charge in [0.1, 0.15) is 0 Å². The monoisotopic (exact) mass is 300 g/mol. The van der Waals surface area contributed by atoms with Gasteiger partial charge in [-0.2, -0.15) is 4.98 Å². The Bertz CT molecular complexity index is 572. The third kappa shape index (κ3) is 3.24. The molecule has 0 aliphatic carbocycles. The number of aromatic nitrogens is 2. The summed E-state index contributed by atoms with van der Waals surface area (Å²) in [5, 5.41) is 6.44. The zero-order valence-corrected chi connectivity index (χ0v) is 11.6. The minimum absolute atomic E-state index is 0.0148. The molecule has 100 valence electrons. The average Bonchev–Trinajstić information content (AvgIpc) is 2.38. The van der Waals surface area contributed by atoms with E-state index in [-0.39, 0.29) is 5.82 Å². The number of hydrogen-bond acceptors (Lipinski definition) is 4. The molecule has 0 unspecified atom stereocenters. The molecule has 0 bridgehead atoms. The van der Waals surface area contributed by atoms with Gasteiger partial charge in [-0.15, -0.1) is 0 Å². The lowest BCUT2D eigenvalue weighted by molar-refractivity contribution is 0.619. The highest BCUT2D eigenvalue weighted by Gasteiger charge is 2.11. The standard InChI is InChI=1S/C12H11Cl2FN4/c1-2-16-12-17-6-9(15)11(19-12)18-10-7(13)4-3-5-8(10)14/h3-6H,2H2,1H3,(H2,16,17,18,19). The summed E-state index contributed by atoms with van der Waals surface area (Å²) in [4.78, 5) is 7.83. The van der Waals surface area contributed by atoms with Gasteiger partial charge >= 0.3 is 0 Å². The zero-order valence-electron chi connectivity index (χ0n) is 10.0. The lowest BCUT2D eigenvalue weighted by Gasteiger charge is -2.11. The van der Waals surface area contributed by atoms with Gasteiger partial charge in [-0.25, -0.2) is 9.37 Å². The van der Waals surface area contributed by atoms with Gasteiger partial charge in [-0.1, -0.05) is 29.3 Å². The Labute approximate surface area is 120 Å². The van der Waals surface area contributed by atoms with Gasteiger partial charge in [0.2, 0.25) is 5.95 Å². The molecule has 1 heterocycles. The van der Waals surface area contributed by atoms with E-state index >= 15 is 0 Å². The highest BCUT2D eigenvalue weighted by molar-refractivity contribution is 6.39. The lowest BCUT2D eigenvalue weighted by atomic mass is 10.3. The Kier molecular flexibility index (Phi) is 4.39. The molecule has 0 amide bonds. The first-order valence-corrected chi connectivity index (χ1v) is 6.35. The van der Waals surface area contributed by atoms with Crippen molar-refractivity contribution in [3.63, 3.8) is 0 Å². The first kappa shape index (κ1) is 13.8. The van der Waals surface area contributed by atoms with Crippen molar-refractivity contribution < 1.29 is 4.39 Å². The van der Waals surface area contributed by atoms with Gasteiger partial charge in [0, 0.05) is 6.54 Å². The molecule has 0 saturated heterocycles. The number of nitrogens with zero attached hydrogens (tertiary/aromatic N) is 2. The summed E-state index contributed by atoms with van der Waals surface area (Å²) in [6.07, 6.45) is 1.08. The van der Waals surface area contributed by atoms with Crippen molar-refractivity contribution in [2.45, 2.75) is 6.92 Å². The van der Waals surface area contributed by atoms with Crippen LogP contribution in [0.2, 0.25) is 10.0 Å². The minimum atomic E-state index is -0.586. The highest BCUT2D eigenvalue weighted by atomic mass is 35.5.